The van der Waals surface area contributed by atoms with Crippen molar-refractivity contribution in [3.8, 4) is 0 Å². The molecule has 2 fully saturated rings. The van der Waals surface area contributed by atoms with Crippen LogP contribution in [0, 0.1) is 12.8 Å². The minimum atomic E-state index is 0.388. The van der Waals surface area contributed by atoms with Gasteiger partial charge in [0, 0.05) is 24.4 Å². The monoisotopic (exact) mass is 232 g/mol. The highest BCUT2D eigenvalue weighted by Gasteiger charge is 2.44. The molecule has 4 atom stereocenters. The van der Waals surface area contributed by atoms with E-state index in [1.807, 2.05) is 19.4 Å². The van der Waals surface area contributed by atoms with Crippen molar-refractivity contribution in [3.63, 3.8) is 0 Å². The molecule has 0 amide bonds. The molecule has 3 rings (SSSR count). The van der Waals surface area contributed by atoms with E-state index in [0.29, 0.717) is 24.2 Å². The molecule has 3 nitrogen and oxygen atoms in total. The number of aryl methyl sites for hydroxylation is 1. The zero-order valence-corrected chi connectivity index (χ0v) is 10.5. The van der Waals surface area contributed by atoms with Gasteiger partial charge in [0.25, 0.3) is 0 Å². The van der Waals surface area contributed by atoms with Crippen LogP contribution in [0.2, 0.25) is 0 Å². The van der Waals surface area contributed by atoms with Crippen molar-refractivity contribution >= 4 is 0 Å². The Hall–Kier alpha value is -0.930. The Bertz CT molecular complexity index is 407. The minimum absolute atomic E-state index is 0.388. The molecule has 3 heterocycles. The van der Waals surface area contributed by atoms with Gasteiger partial charge in [0.15, 0.2) is 0 Å². The van der Waals surface area contributed by atoms with E-state index >= 15 is 0 Å². The number of nitrogens with zero attached hydrogens (tertiary/aromatic N) is 1. The minimum Gasteiger partial charge on any atom is -0.375 e. The van der Waals surface area contributed by atoms with Crippen molar-refractivity contribution in [2.75, 3.05) is 7.05 Å². The first-order valence-corrected chi connectivity index (χ1v) is 6.53. The summed E-state index contributed by atoms with van der Waals surface area (Å²) in [6.45, 7) is 2.16. The van der Waals surface area contributed by atoms with Crippen molar-refractivity contribution in [3.05, 3.63) is 29.6 Å². The number of rotatable bonds is 3. The Morgan fingerprint density at radius 1 is 1.47 bits per heavy atom. The Balaban J connectivity index is 1.87. The second kappa shape index (κ2) is 4.39. The van der Waals surface area contributed by atoms with Gasteiger partial charge in [-0.25, -0.2) is 0 Å². The van der Waals surface area contributed by atoms with Gasteiger partial charge in [-0.3, -0.25) is 4.98 Å². The fourth-order valence-corrected chi connectivity index (χ4v) is 3.43. The number of fused-ring (bicyclic) bond motifs is 2. The van der Waals surface area contributed by atoms with E-state index in [1.165, 1.54) is 30.4 Å². The van der Waals surface area contributed by atoms with Gasteiger partial charge in [-0.05, 0) is 50.4 Å². The lowest BCUT2D eigenvalue weighted by molar-refractivity contribution is 0.0862. The molecule has 0 spiro atoms. The molecule has 2 saturated heterocycles. The molecule has 0 radical (unpaired) electrons. The molecule has 17 heavy (non-hydrogen) atoms. The van der Waals surface area contributed by atoms with Crippen LogP contribution < -0.4 is 5.32 Å². The van der Waals surface area contributed by atoms with Gasteiger partial charge < -0.3 is 10.1 Å². The van der Waals surface area contributed by atoms with Crippen molar-refractivity contribution in [1.82, 2.24) is 10.3 Å². The second-order valence-electron chi connectivity index (χ2n) is 5.27. The van der Waals surface area contributed by atoms with E-state index < -0.39 is 0 Å². The third kappa shape index (κ3) is 1.87. The van der Waals surface area contributed by atoms with E-state index in [1.54, 1.807) is 0 Å². The van der Waals surface area contributed by atoms with Crippen LogP contribution in [-0.4, -0.2) is 24.2 Å². The molecule has 2 aliphatic heterocycles. The van der Waals surface area contributed by atoms with Gasteiger partial charge in [0.1, 0.15) is 0 Å². The zero-order chi connectivity index (χ0) is 11.8. The SMILES string of the molecule is CNC(c1cnccc1C)C1CC2CCC1O2. The average Bonchev–Trinajstić information content (AvgIpc) is 2.95. The highest BCUT2D eigenvalue weighted by Crippen LogP contribution is 2.44. The van der Waals surface area contributed by atoms with E-state index in [-0.39, 0.29) is 0 Å². The molecule has 1 N–H and O–H groups in total. The molecule has 2 aliphatic rings. The molecule has 92 valence electrons. The Morgan fingerprint density at radius 3 is 2.94 bits per heavy atom. The molecule has 0 saturated carbocycles. The molecule has 1 aromatic heterocycles. The Labute approximate surface area is 103 Å². The van der Waals surface area contributed by atoms with E-state index in [9.17, 15) is 0 Å². The first-order valence-electron chi connectivity index (χ1n) is 6.53. The molecular weight excluding hydrogens is 212 g/mol. The fraction of sp³-hybridized carbons (Fsp3) is 0.643. The summed E-state index contributed by atoms with van der Waals surface area (Å²) >= 11 is 0. The highest BCUT2D eigenvalue weighted by atomic mass is 16.5. The molecule has 4 unspecified atom stereocenters. The van der Waals surface area contributed by atoms with Crippen LogP contribution in [0.15, 0.2) is 18.5 Å². The van der Waals surface area contributed by atoms with Crippen LogP contribution in [0.4, 0.5) is 0 Å². The summed E-state index contributed by atoms with van der Waals surface area (Å²) in [5.41, 5.74) is 2.65. The van der Waals surface area contributed by atoms with Gasteiger partial charge in [0.05, 0.1) is 12.2 Å². The Morgan fingerprint density at radius 2 is 2.35 bits per heavy atom. The first kappa shape index (κ1) is 11.2. The molecule has 1 aromatic rings. The van der Waals surface area contributed by atoms with E-state index in [4.69, 9.17) is 4.74 Å². The highest BCUT2D eigenvalue weighted by molar-refractivity contribution is 5.26. The van der Waals surface area contributed by atoms with Crippen molar-refractivity contribution < 1.29 is 4.74 Å². The molecular formula is C14H20N2O. The predicted octanol–water partition coefficient (Wildman–Crippen LogP) is 2.22. The predicted molar refractivity (Wildman–Crippen MR) is 66.8 cm³/mol. The fourth-order valence-electron chi connectivity index (χ4n) is 3.43. The number of aromatic nitrogens is 1. The van der Waals surface area contributed by atoms with Crippen LogP contribution in [0.3, 0.4) is 0 Å². The van der Waals surface area contributed by atoms with Gasteiger partial charge in [-0.1, -0.05) is 0 Å². The third-order valence-electron chi connectivity index (χ3n) is 4.31. The quantitative estimate of drug-likeness (QED) is 0.867. The van der Waals surface area contributed by atoms with Crippen LogP contribution in [0.25, 0.3) is 0 Å². The van der Waals surface area contributed by atoms with Gasteiger partial charge in [-0.15, -0.1) is 0 Å². The van der Waals surface area contributed by atoms with Crippen LogP contribution in [0.5, 0.6) is 0 Å². The number of ether oxygens (including phenoxy) is 1. The maximum Gasteiger partial charge on any atom is 0.0627 e. The summed E-state index contributed by atoms with van der Waals surface area (Å²) in [4.78, 5) is 4.27. The number of hydrogen-bond acceptors (Lipinski definition) is 3. The van der Waals surface area contributed by atoms with Crippen LogP contribution in [0.1, 0.15) is 36.4 Å². The smallest absolute Gasteiger partial charge is 0.0627 e. The van der Waals surface area contributed by atoms with Gasteiger partial charge >= 0.3 is 0 Å². The molecule has 2 bridgehead atoms. The van der Waals surface area contributed by atoms with Gasteiger partial charge in [0.2, 0.25) is 0 Å². The molecule has 0 aromatic carbocycles. The maximum absolute atomic E-state index is 5.97. The summed E-state index contributed by atoms with van der Waals surface area (Å²) in [5.74, 6) is 0.613. The van der Waals surface area contributed by atoms with Crippen LogP contribution >= 0.6 is 0 Å². The lowest BCUT2D eigenvalue weighted by atomic mass is 9.80. The standard InChI is InChI=1S/C14H20N2O/c1-9-5-6-16-8-12(9)14(15-2)11-7-10-3-4-13(11)17-10/h5-6,8,10-11,13-15H,3-4,7H2,1-2H3. The average molecular weight is 232 g/mol. The largest absolute Gasteiger partial charge is 0.375 e. The number of hydrogen-bond donors (Lipinski definition) is 1. The Kier molecular flexibility index (Phi) is 2.89. The summed E-state index contributed by atoms with van der Waals surface area (Å²) in [6.07, 6.45) is 8.52. The van der Waals surface area contributed by atoms with Gasteiger partial charge in [-0.2, -0.15) is 0 Å². The van der Waals surface area contributed by atoms with E-state index in [0.717, 1.165) is 0 Å². The zero-order valence-electron chi connectivity index (χ0n) is 10.5. The summed E-state index contributed by atoms with van der Waals surface area (Å²) in [7, 11) is 2.04. The van der Waals surface area contributed by atoms with Crippen molar-refractivity contribution in [2.24, 2.45) is 5.92 Å². The van der Waals surface area contributed by atoms with Crippen LogP contribution in [-0.2, 0) is 4.74 Å². The first-order chi connectivity index (χ1) is 8.29. The number of nitrogens with one attached hydrogen (secondary N) is 1. The lowest BCUT2D eigenvalue weighted by Crippen LogP contribution is -2.32. The summed E-state index contributed by atoms with van der Waals surface area (Å²) in [6, 6.07) is 2.48. The normalized spacial score (nSPS) is 32.9. The van der Waals surface area contributed by atoms with Crippen molar-refractivity contribution in [1.29, 1.82) is 0 Å². The van der Waals surface area contributed by atoms with E-state index in [2.05, 4.69) is 23.3 Å². The molecule has 3 heteroatoms. The topological polar surface area (TPSA) is 34.2 Å². The van der Waals surface area contributed by atoms with Crippen molar-refractivity contribution in [2.45, 2.75) is 44.4 Å². The summed E-state index contributed by atoms with van der Waals surface area (Å²) < 4.78 is 5.97. The lowest BCUT2D eigenvalue weighted by Gasteiger charge is -2.29. The molecule has 0 aliphatic carbocycles. The second-order valence-corrected chi connectivity index (χ2v) is 5.27. The third-order valence-corrected chi connectivity index (χ3v) is 4.31. The number of pyridine rings is 1. The summed E-state index contributed by atoms with van der Waals surface area (Å²) in [5, 5.41) is 3.47. The maximum atomic E-state index is 5.97.